The first kappa shape index (κ1) is 27.6. The molecule has 0 atom stereocenters. The SMILES string of the molecule is CCOC(=O)COc1ccc(/C=C2\SC(=O)N(CC(=O)Nc3ccc(Br)c(Cl)c3)C2=O)cc1OCC. The molecule has 190 valence electrons. The number of amides is 3. The predicted octanol–water partition coefficient (Wildman–Crippen LogP) is 5.12. The molecular formula is C24H22BrClN2O7S. The summed E-state index contributed by atoms with van der Waals surface area (Å²) in [5, 5.41) is 2.46. The van der Waals surface area contributed by atoms with Gasteiger partial charge in [0.05, 0.1) is 23.1 Å². The highest BCUT2D eigenvalue weighted by molar-refractivity contribution is 9.10. The first-order chi connectivity index (χ1) is 17.2. The molecule has 1 fully saturated rings. The van der Waals surface area contributed by atoms with Gasteiger partial charge in [-0.15, -0.1) is 0 Å². The number of thioether (sulfide) groups is 1. The summed E-state index contributed by atoms with van der Waals surface area (Å²) in [7, 11) is 0. The fraction of sp³-hybridized carbons (Fsp3) is 0.250. The van der Waals surface area contributed by atoms with Crippen molar-refractivity contribution in [2.45, 2.75) is 13.8 Å². The Morgan fingerprint density at radius 1 is 1.08 bits per heavy atom. The first-order valence-corrected chi connectivity index (χ1v) is 12.8. The van der Waals surface area contributed by atoms with E-state index in [-0.39, 0.29) is 18.1 Å². The molecule has 0 spiro atoms. The van der Waals surface area contributed by atoms with Crippen molar-refractivity contribution in [2.24, 2.45) is 0 Å². The zero-order valence-electron chi connectivity index (χ0n) is 19.3. The Labute approximate surface area is 225 Å². The fourth-order valence-corrected chi connectivity index (χ4v) is 4.31. The lowest BCUT2D eigenvalue weighted by Crippen LogP contribution is -2.36. The van der Waals surface area contributed by atoms with Gasteiger partial charge < -0.3 is 19.5 Å². The van der Waals surface area contributed by atoms with Gasteiger partial charge in [0.25, 0.3) is 11.1 Å². The number of carbonyl (C=O) groups excluding carboxylic acids is 4. The topological polar surface area (TPSA) is 111 Å². The maximum atomic E-state index is 12.8. The molecule has 12 heteroatoms. The summed E-state index contributed by atoms with van der Waals surface area (Å²) in [6.07, 6.45) is 1.52. The van der Waals surface area contributed by atoms with Crippen LogP contribution in [-0.2, 0) is 19.1 Å². The highest BCUT2D eigenvalue weighted by Crippen LogP contribution is 2.35. The number of nitrogens with zero attached hydrogens (tertiary/aromatic N) is 1. The van der Waals surface area contributed by atoms with Crippen LogP contribution in [0.4, 0.5) is 10.5 Å². The highest BCUT2D eigenvalue weighted by atomic mass is 79.9. The lowest BCUT2D eigenvalue weighted by atomic mass is 10.2. The van der Waals surface area contributed by atoms with E-state index in [1.165, 1.54) is 6.08 Å². The third kappa shape index (κ3) is 7.25. The number of carbonyl (C=O) groups is 4. The minimum absolute atomic E-state index is 0.155. The Morgan fingerprint density at radius 2 is 1.86 bits per heavy atom. The Kier molecular flexibility index (Phi) is 9.80. The van der Waals surface area contributed by atoms with Crippen LogP contribution in [0.5, 0.6) is 11.5 Å². The van der Waals surface area contributed by atoms with Crippen LogP contribution in [0.25, 0.3) is 6.08 Å². The summed E-state index contributed by atoms with van der Waals surface area (Å²) in [4.78, 5) is 50.3. The molecule has 1 aliphatic heterocycles. The summed E-state index contributed by atoms with van der Waals surface area (Å²) in [6, 6.07) is 9.73. The molecule has 0 radical (unpaired) electrons. The number of ether oxygens (including phenoxy) is 3. The molecular weight excluding hydrogens is 576 g/mol. The second-order valence-corrected chi connectivity index (χ2v) is 9.43. The van der Waals surface area contributed by atoms with Crippen LogP contribution in [-0.4, -0.2) is 54.3 Å². The average molecular weight is 598 g/mol. The van der Waals surface area contributed by atoms with Crippen molar-refractivity contribution in [3.8, 4) is 11.5 Å². The number of benzene rings is 2. The number of nitrogens with one attached hydrogen (secondary N) is 1. The zero-order valence-corrected chi connectivity index (χ0v) is 22.5. The van der Waals surface area contributed by atoms with Gasteiger partial charge in [0.15, 0.2) is 18.1 Å². The number of imide groups is 1. The van der Waals surface area contributed by atoms with E-state index in [9.17, 15) is 19.2 Å². The Balaban J connectivity index is 1.70. The second kappa shape index (κ2) is 12.8. The van der Waals surface area contributed by atoms with Crippen LogP contribution in [0.3, 0.4) is 0 Å². The molecule has 2 aromatic carbocycles. The molecule has 0 saturated carbocycles. The van der Waals surface area contributed by atoms with Crippen molar-refractivity contribution in [2.75, 3.05) is 31.7 Å². The molecule has 0 aromatic heterocycles. The Bertz CT molecular complexity index is 1220. The van der Waals surface area contributed by atoms with Gasteiger partial charge in [-0.25, -0.2) is 4.79 Å². The van der Waals surface area contributed by atoms with Crippen molar-refractivity contribution < 1.29 is 33.4 Å². The minimum atomic E-state index is -0.588. The lowest BCUT2D eigenvalue weighted by molar-refractivity contribution is -0.145. The number of anilines is 1. The first-order valence-electron chi connectivity index (χ1n) is 10.8. The van der Waals surface area contributed by atoms with E-state index >= 15 is 0 Å². The highest BCUT2D eigenvalue weighted by Gasteiger charge is 2.36. The summed E-state index contributed by atoms with van der Waals surface area (Å²) in [5.41, 5.74) is 1.01. The van der Waals surface area contributed by atoms with E-state index in [1.807, 2.05) is 0 Å². The van der Waals surface area contributed by atoms with Crippen LogP contribution in [0.1, 0.15) is 19.4 Å². The number of halogens is 2. The maximum Gasteiger partial charge on any atom is 0.344 e. The van der Waals surface area contributed by atoms with Crippen LogP contribution in [0.2, 0.25) is 5.02 Å². The van der Waals surface area contributed by atoms with E-state index in [2.05, 4.69) is 21.2 Å². The number of hydrogen-bond donors (Lipinski definition) is 1. The number of hydrogen-bond acceptors (Lipinski definition) is 8. The van der Waals surface area contributed by atoms with Crippen molar-refractivity contribution in [3.63, 3.8) is 0 Å². The van der Waals surface area contributed by atoms with E-state index in [4.69, 9.17) is 25.8 Å². The molecule has 9 nitrogen and oxygen atoms in total. The van der Waals surface area contributed by atoms with Crippen LogP contribution >= 0.6 is 39.3 Å². The Hall–Kier alpha value is -3.02. The second-order valence-electron chi connectivity index (χ2n) is 7.18. The molecule has 0 aliphatic carbocycles. The van der Waals surface area contributed by atoms with E-state index in [0.717, 1.165) is 16.7 Å². The van der Waals surface area contributed by atoms with Gasteiger partial charge >= 0.3 is 5.97 Å². The van der Waals surface area contributed by atoms with Crippen molar-refractivity contribution in [3.05, 3.63) is 56.4 Å². The van der Waals surface area contributed by atoms with Gasteiger partial charge in [-0.2, -0.15) is 0 Å². The normalized spacial score (nSPS) is 14.2. The fourth-order valence-electron chi connectivity index (χ4n) is 3.05. The van der Waals surface area contributed by atoms with Crippen LogP contribution in [0, 0.1) is 0 Å². The minimum Gasteiger partial charge on any atom is -0.490 e. The van der Waals surface area contributed by atoms with Gasteiger partial charge in [-0.05, 0) is 83.5 Å². The molecule has 1 aliphatic rings. The van der Waals surface area contributed by atoms with Gasteiger partial charge in [0.2, 0.25) is 5.91 Å². The lowest BCUT2D eigenvalue weighted by Gasteiger charge is -2.13. The monoisotopic (exact) mass is 596 g/mol. The van der Waals surface area contributed by atoms with Gasteiger partial charge in [-0.3, -0.25) is 19.3 Å². The third-order valence-corrected chi connectivity index (χ3v) is 6.73. The third-order valence-electron chi connectivity index (χ3n) is 4.59. The molecule has 36 heavy (non-hydrogen) atoms. The molecule has 1 N–H and O–H groups in total. The smallest absolute Gasteiger partial charge is 0.344 e. The standard InChI is InChI=1S/C24H22BrClN2O7S/c1-3-33-19-9-14(5-8-18(19)35-13-22(30)34-4-2)10-20-23(31)28(24(32)36-20)12-21(29)27-15-6-7-16(25)17(26)11-15/h5-11H,3-4,12-13H2,1-2H3,(H,27,29)/b20-10-. The molecule has 3 rings (SSSR count). The van der Waals surface area contributed by atoms with Gasteiger partial charge in [-0.1, -0.05) is 17.7 Å². The summed E-state index contributed by atoms with van der Waals surface area (Å²) < 4.78 is 16.6. The number of esters is 1. The molecule has 0 bridgehead atoms. The Morgan fingerprint density at radius 3 is 2.56 bits per heavy atom. The molecule has 0 unspecified atom stereocenters. The molecule has 3 amide bonds. The molecule has 1 heterocycles. The van der Waals surface area contributed by atoms with Crippen LogP contribution < -0.4 is 14.8 Å². The summed E-state index contributed by atoms with van der Waals surface area (Å²) in [6.45, 7) is 3.36. The average Bonchev–Trinajstić information content (AvgIpc) is 3.08. The maximum absolute atomic E-state index is 12.8. The van der Waals surface area contributed by atoms with Crippen molar-refractivity contribution in [1.82, 2.24) is 4.90 Å². The van der Waals surface area contributed by atoms with E-state index in [1.54, 1.807) is 50.2 Å². The van der Waals surface area contributed by atoms with Gasteiger partial charge in [0.1, 0.15) is 6.54 Å². The summed E-state index contributed by atoms with van der Waals surface area (Å²) >= 11 is 10.0. The van der Waals surface area contributed by atoms with Crippen molar-refractivity contribution in [1.29, 1.82) is 0 Å². The zero-order chi connectivity index (χ0) is 26.2. The molecule has 2 aromatic rings. The largest absolute Gasteiger partial charge is 0.490 e. The quantitative estimate of drug-likeness (QED) is 0.297. The van der Waals surface area contributed by atoms with Crippen LogP contribution in [0.15, 0.2) is 45.8 Å². The predicted molar refractivity (Wildman–Crippen MR) is 140 cm³/mol. The van der Waals surface area contributed by atoms with Crippen molar-refractivity contribution >= 4 is 74.1 Å². The van der Waals surface area contributed by atoms with E-state index < -0.39 is 29.6 Å². The number of rotatable bonds is 10. The van der Waals surface area contributed by atoms with Gasteiger partial charge in [0, 0.05) is 10.2 Å². The molecule has 1 saturated heterocycles. The van der Waals surface area contributed by atoms with E-state index in [0.29, 0.717) is 38.9 Å². The summed E-state index contributed by atoms with van der Waals surface area (Å²) in [5.74, 6) is -0.944.